The first-order valence-corrected chi connectivity index (χ1v) is 10.7. The Morgan fingerprint density at radius 1 is 1.18 bits per heavy atom. The molecule has 1 spiro atoms. The molecule has 0 bridgehead atoms. The molecule has 0 N–H and O–H groups in total. The third-order valence-electron chi connectivity index (χ3n) is 5.66. The van der Waals surface area contributed by atoms with Crippen molar-refractivity contribution in [3.63, 3.8) is 0 Å². The number of anilines is 1. The highest BCUT2D eigenvalue weighted by atomic mass is 32.2. The second-order valence-corrected chi connectivity index (χ2v) is 8.37. The molecule has 1 unspecified atom stereocenters. The lowest BCUT2D eigenvalue weighted by Crippen LogP contribution is -2.55. The van der Waals surface area contributed by atoms with Gasteiger partial charge in [-0.3, -0.25) is 4.79 Å². The van der Waals surface area contributed by atoms with E-state index < -0.39 is 5.60 Å². The van der Waals surface area contributed by atoms with Crippen molar-refractivity contribution in [2.45, 2.75) is 29.8 Å². The fourth-order valence-corrected chi connectivity index (χ4v) is 4.79. The van der Waals surface area contributed by atoms with Gasteiger partial charge in [0.25, 0.3) is 0 Å². The number of carbonyl (C=O) groups is 1. The third kappa shape index (κ3) is 2.92. The van der Waals surface area contributed by atoms with Crippen molar-refractivity contribution in [1.29, 1.82) is 0 Å². The van der Waals surface area contributed by atoms with Crippen LogP contribution in [0.1, 0.15) is 29.6 Å². The van der Waals surface area contributed by atoms with Gasteiger partial charge in [0.05, 0.1) is 24.0 Å². The second-order valence-electron chi connectivity index (χ2n) is 7.49. The lowest BCUT2D eigenvalue weighted by molar-refractivity contribution is 0.0303. The number of ketones is 1. The van der Waals surface area contributed by atoms with Crippen molar-refractivity contribution in [3.8, 4) is 5.75 Å². The van der Waals surface area contributed by atoms with Gasteiger partial charge in [-0.2, -0.15) is 0 Å². The van der Waals surface area contributed by atoms with Crippen molar-refractivity contribution < 1.29 is 9.53 Å². The molecule has 0 amide bonds. The maximum Gasteiger partial charge on any atom is 0.170 e. The van der Waals surface area contributed by atoms with Crippen LogP contribution in [0, 0.1) is 0 Å². The standard InChI is InChI=1S/C22H21N3O2S/c1-28-15-7-8-18-17(11-15)21(24-14-23-18)25-10-4-9-22(13-25)12-19(26)16-5-2-3-6-20(16)27-22/h2-3,5-8,11,14H,4,9-10,12-13H2,1H3. The molecule has 3 aromatic rings. The summed E-state index contributed by atoms with van der Waals surface area (Å²) in [6.07, 6.45) is 5.95. The average molecular weight is 391 g/mol. The summed E-state index contributed by atoms with van der Waals surface area (Å²) in [5.74, 6) is 1.80. The molecule has 0 radical (unpaired) electrons. The van der Waals surface area contributed by atoms with Crippen LogP contribution in [0.15, 0.2) is 53.7 Å². The van der Waals surface area contributed by atoms with Gasteiger partial charge < -0.3 is 9.64 Å². The number of fused-ring (bicyclic) bond motifs is 2. The number of hydrogen-bond donors (Lipinski definition) is 0. The number of hydrogen-bond acceptors (Lipinski definition) is 6. The molecular formula is C22H21N3O2S. The number of carbonyl (C=O) groups excluding carboxylic acids is 1. The number of para-hydroxylation sites is 1. The van der Waals surface area contributed by atoms with E-state index in [2.05, 4.69) is 33.3 Å². The molecule has 2 aliphatic heterocycles. The fourth-order valence-electron chi connectivity index (χ4n) is 4.35. The first kappa shape index (κ1) is 17.5. The second kappa shape index (κ2) is 6.78. The van der Waals surface area contributed by atoms with Gasteiger partial charge in [0.15, 0.2) is 5.78 Å². The van der Waals surface area contributed by atoms with E-state index in [1.807, 2.05) is 30.3 Å². The minimum atomic E-state index is -0.488. The van der Waals surface area contributed by atoms with E-state index in [4.69, 9.17) is 4.74 Å². The number of Topliss-reactive ketones (excluding diaryl/α,β-unsaturated/α-hetero) is 1. The van der Waals surface area contributed by atoms with E-state index in [-0.39, 0.29) is 5.78 Å². The van der Waals surface area contributed by atoms with E-state index in [0.717, 1.165) is 36.1 Å². The highest BCUT2D eigenvalue weighted by molar-refractivity contribution is 7.98. The zero-order chi connectivity index (χ0) is 19.1. The van der Waals surface area contributed by atoms with Crippen LogP contribution < -0.4 is 9.64 Å². The molecule has 3 heterocycles. The van der Waals surface area contributed by atoms with Crippen LogP contribution in [0.2, 0.25) is 0 Å². The van der Waals surface area contributed by atoms with Crippen LogP contribution in [0.4, 0.5) is 5.82 Å². The summed E-state index contributed by atoms with van der Waals surface area (Å²) in [5.41, 5.74) is 1.15. The fraction of sp³-hybridized carbons (Fsp3) is 0.318. The van der Waals surface area contributed by atoms with E-state index in [0.29, 0.717) is 24.3 Å². The number of benzene rings is 2. The topological polar surface area (TPSA) is 55.3 Å². The molecular weight excluding hydrogens is 370 g/mol. The molecule has 28 heavy (non-hydrogen) atoms. The lowest BCUT2D eigenvalue weighted by Gasteiger charge is -2.45. The molecule has 1 aromatic heterocycles. The van der Waals surface area contributed by atoms with Crippen molar-refractivity contribution >= 4 is 34.3 Å². The maximum atomic E-state index is 12.8. The monoisotopic (exact) mass is 391 g/mol. The number of ether oxygens (including phenoxy) is 1. The highest BCUT2D eigenvalue weighted by Crippen LogP contribution is 2.40. The number of thioether (sulfide) groups is 1. The van der Waals surface area contributed by atoms with Gasteiger partial charge in [0.2, 0.25) is 0 Å². The first-order chi connectivity index (χ1) is 13.7. The molecule has 1 fully saturated rings. The van der Waals surface area contributed by atoms with E-state index in [9.17, 15) is 4.79 Å². The Kier molecular flexibility index (Phi) is 4.23. The molecule has 2 aromatic carbocycles. The molecule has 5 nitrogen and oxygen atoms in total. The van der Waals surface area contributed by atoms with E-state index in [1.165, 1.54) is 4.90 Å². The Balaban J connectivity index is 1.52. The van der Waals surface area contributed by atoms with E-state index in [1.54, 1.807) is 18.1 Å². The Morgan fingerprint density at radius 2 is 2.07 bits per heavy atom. The number of nitrogens with zero attached hydrogens (tertiary/aromatic N) is 3. The summed E-state index contributed by atoms with van der Waals surface area (Å²) in [4.78, 5) is 25.3. The van der Waals surface area contributed by atoms with Crippen LogP contribution >= 0.6 is 11.8 Å². The molecule has 0 aliphatic carbocycles. The molecule has 1 saturated heterocycles. The van der Waals surface area contributed by atoms with Crippen LogP contribution in [0.5, 0.6) is 5.75 Å². The van der Waals surface area contributed by atoms with Gasteiger partial charge >= 0.3 is 0 Å². The molecule has 6 heteroatoms. The highest BCUT2D eigenvalue weighted by Gasteiger charge is 2.44. The number of rotatable bonds is 2. The smallest absolute Gasteiger partial charge is 0.170 e. The van der Waals surface area contributed by atoms with Crippen molar-refractivity contribution in [2.24, 2.45) is 0 Å². The van der Waals surface area contributed by atoms with Gasteiger partial charge in [0, 0.05) is 16.8 Å². The van der Waals surface area contributed by atoms with Crippen LogP contribution in [0.25, 0.3) is 10.9 Å². The molecule has 5 rings (SSSR count). The minimum Gasteiger partial charge on any atom is -0.484 e. The lowest BCUT2D eigenvalue weighted by atomic mass is 9.83. The van der Waals surface area contributed by atoms with Crippen molar-refractivity contribution in [3.05, 3.63) is 54.4 Å². The van der Waals surface area contributed by atoms with Gasteiger partial charge in [0.1, 0.15) is 23.5 Å². The predicted molar refractivity (Wildman–Crippen MR) is 112 cm³/mol. The first-order valence-electron chi connectivity index (χ1n) is 9.52. The Morgan fingerprint density at radius 3 is 2.96 bits per heavy atom. The van der Waals surface area contributed by atoms with Crippen molar-refractivity contribution in [1.82, 2.24) is 9.97 Å². The summed E-state index contributed by atoms with van der Waals surface area (Å²) in [6, 6.07) is 13.9. The average Bonchev–Trinajstić information content (AvgIpc) is 2.73. The Labute approximate surface area is 168 Å². The largest absolute Gasteiger partial charge is 0.484 e. The predicted octanol–water partition coefficient (Wildman–Crippen LogP) is 4.36. The zero-order valence-electron chi connectivity index (χ0n) is 15.7. The minimum absolute atomic E-state index is 0.168. The van der Waals surface area contributed by atoms with Crippen LogP contribution in [-0.4, -0.2) is 40.7 Å². The SMILES string of the molecule is CSc1ccc2ncnc(N3CCCC4(CC(=O)c5ccccc5O4)C3)c2c1. The van der Waals surface area contributed by atoms with Gasteiger partial charge in [-0.25, -0.2) is 9.97 Å². The van der Waals surface area contributed by atoms with Crippen molar-refractivity contribution in [2.75, 3.05) is 24.2 Å². The normalized spacial score (nSPS) is 21.6. The Hall–Kier alpha value is -2.60. The Bertz CT molecular complexity index is 1070. The molecule has 2 aliphatic rings. The molecule has 142 valence electrons. The zero-order valence-corrected chi connectivity index (χ0v) is 16.5. The van der Waals surface area contributed by atoms with Crippen LogP contribution in [-0.2, 0) is 0 Å². The number of piperidine rings is 1. The summed E-state index contributed by atoms with van der Waals surface area (Å²) >= 11 is 1.71. The van der Waals surface area contributed by atoms with E-state index >= 15 is 0 Å². The third-order valence-corrected chi connectivity index (χ3v) is 6.38. The van der Waals surface area contributed by atoms with Gasteiger partial charge in [-0.15, -0.1) is 11.8 Å². The number of aromatic nitrogens is 2. The summed E-state index contributed by atoms with van der Waals surface area (Å²) in [5, 5.41) is 1.05. The van der Waals surface area contributed by atoms with Gasteiger partial charge in [-0.1, -0.05) is 12.1 Å². The summed E-state index contributed by atoms with van der Waals surface area (Å²) < 4.78 is 6.43. The summed E-state index contributed by atoms with van der Waals surface area (Å²) in [7, 11) is 0. The summed E-state index contributed by atoms with van der Waals surface area (Å²) in [6.45, 7) is 1.55. The maximum absolute atomic E-state index is 12.8. The quantitative estimate of drug-likeness (QED) is 0.605. The molecule has 0 saturated carbocycles. The van der Waals surface area contributed by atoms with Gasteiger partial charge in [-0.05, 0) is 49.4 Å². The van der Waals surface area contributed by atoms with Crippen LogP contribution in [0.3, 0.4) is 0 Å². The molecule has 1 atom stereocenters.